The van der Waals surface area contributed by atoms with Crippen LogP contribution < -0.4 is 9.64 Å². The molecule has 1 fully saturated rings. The largest absolute Gasteiger partial charge is 0.495 e. The maximum atomic E-state index is 13.1. The van der Waals surface area contributed by atoms with Crippen LogP contribution in [-0.2, 0) is 10.5 Å². The van der Waals surface area contributed by atoms with E-state index in [2.05, 4.69) is 12.1 Å². The normalized spacial score (nSPS) is 15.3. The SMILES string of the molecule is COc1ccc(C)cc1N1C(=O)C(=Cc2ccc(SCc3ccccc3)o2)SC1=S. The van der Waals surface area contributed by atoms with Gasteiger partial charge in [-0.1, -0.05) is 72.1 Å². The van der Waals surface area contributed by atoms with Crippen molar-refractivity contribution in [2.75, 3.05) is 12.0 Å². The van der Waals surface area contributed by atoms with Gasteiger partial charge < -0.3 is 9.15 Å². The Morgan fingerprint density at radius 1 is 1.17 bits per heavy atom. The van der Waals surface area contributed by atoms with Gasteiger partial charge in [0.2, 0.25) is 0 Å². The van der Waals surface area contributed by atoms with E-state index in [1.165, 1.54) is 22.2 Å². The standard InChI is InChI=1S/C23H19NO3S3/c1-15-8-10-19(26-2)18(12-15)24-22(25)20(30-23(24)28)13-17-9-11-21(27-17)29-14-16-6-4-3-5-7-16/h3-13H,14H2,1-2H3. The van der Waals surface area contributed by atoms with Crippen LogP contribution in [0.5, 0.6) is 5.75 Å². The molecule has 0 aliphatic carbocycles. The number of nitrogens with zero attached hydrogens (tertiary/aromatic N) is 1. The van der Waals surface area contributed by atoms with Gasteiger partial charge in [-0.15, -0.1) is 0 Å². The van der Waals surface area contributed by atoms with Gasteiger partial charge in [-0.3, -0.25) is 9.69 Å². The van der Waals surface area contributed by atoms with Crippen molar-refractivity contribution in [3.63, 3.8) is 0 Å². The first-order valence-electron chi connectivity index (χ1n) is 9.24. The van der Waals surface area contributed by atoms with Gasteiger partial charge in [0.1, 0.15) is 11.5 Å². The van der Waals surface area contributed by atoms with Crippen molar-refractivity contribution in [3.05, 3.63) is 82.5 Å². The van der Waals surface area contributed by atoms with Gasteiger partial charge in [-0.2, -0.15) is 0 Å². The van der Waals surface area contributed by atoms with E-state index in [1.54, 1.807) is 24.9 Å². The minimum absolute atomic E-state index is 0.177. The fourth-order valence-electron chi connectivity index (χ4n) is 3.00. The second-order valence-corrected chi connectivity index (χ2v) is 9.28. The summed E-state index contributed by atoms with van der Waals surface area (Å²) in [5, 5.41) is 0.806. The second-order valence-electron chi connectivity index (χ2n) is 6.62. The number of aryl methyl sites for hydroxylation is 1. The summed E-state index contributed by atoms with van der Waals surface area (Å²) in [7, 11) is 1.58. The van der Waals surface area contributed by atoms with Gasteiger partial charge >= 0.3 is 0 Å². The van der Waals surface area contributed by atoms with Crippen LogP contribution in [0.4, 0.5) is 5.69 Å². The molecule has 0 bridgehead atoms. The smallest absolute Gasteiger partial charge is 0.271 e. The first-order chi connectivity index (χ1) is 14.5. The summed E-state index contributed by atoms with van der Waals surface area (Å²) >= 11 is 8.36. The van der Waals surface area contributed by atoms with Crippen LogP contribution in [0.1, 0.15) is 16.9 Å². The summed E-state index contributed by atoms with van der Waals surface area (Å²) in [6, 6.07) is 19.7. The van der Waals surface area contributed by atoms with E-state index in [9.17, 15) is 4.79 Å². The number of ether oxygens (including phenoxy) is 1. The maximum absolute atomic E-state index is 13.1. The lowest BCUT2D eigenvalue weighted by Crippen LogP contribution is -2.28. The topological polar surface area (TPSA) is 42.7 Å². The van der Waals surface area contributed by atoms with Gasteiger partial charge in [0.05, 0.1) is 17.7 Å². The quantitative estimate of drug-likeness (QED) is 0.248. The number of anilines is 1. The van der Waals surface area contributed by atoms with Gasteiger partial charge in [-0.05, 0) is 42.3 Å². The average molecular weight is 454 g/mol. The number of benzene rings is 2. The number of carbonyl (C=O) groups excluding carboxylic acids is 1. The predicted molar refractivity (Wildman–Crippen MR) is 128 cm³/mol. The molecular weight excluding hydrogens is 434 g/mol. The number of furan rings is 1. The lowest BCUT2D eigenvalue weighted by Gasteiger charge is -2.18. The van der Waals surface area contributed by atoms with Crippen molar-refractivity contribution in [3.8, 4) is 5.75 Å². The highest BCUT2D eigenvalue weighted by Gasteiger charge is 2.35. The minimum Gasteiger partial charge on any atom is -0.495 e. The molecule has 2 aromatic carbocycles. The molecule has 4 nitrogen and oxygen atoms in total. The van der Waals surface area contributed by atoms with E-state index in [1.807, 2.05) is 55.5 Å². The van der Waals surface area contributed by atoms with Gasteiger partial charge in [0.25, 0.3) is 5.91 Å². The average Bonchev–Trinajstić information content (AvgIpc) is 3.31. The highest BCUT2D eigenvalue weighted by atomic mass is 32.2. The monoisotopic (exact) mass is 453 g/mol. The summed E-state index contributed by atoms with van der Waals surface area (Å²) in [6.45, 7) is 1.97. The zero-order valence-electron chi connectivity index (χ0n) is 16.5. The Balaban J connectivity index is 1.52. The predicted octanol–water partition coefficient (Wildman–Crippen LogP) is 6.29. The first-order valence-corrected chi connectivity index (χ1v) is 11.5. The molecule has 152 valence electrons. The van der Waals surface area contributed by atoms with Crippen molar-refractivity contribution in [1.82, 2.24) is 0 Å². The Morgan fingerprint density at radius 2 is 1.97 bits per heavy atom. The molecule has 1 aromatic heterocycles. The van der Waals surface area contributed by atoms with Crippen molar-refractivity contribution in [2.24, 2.45) is 0 Å². The molecule has 0 spiro atoms. The van der Waals surface area contributed by atoms with E-state index in [-0.39, 0.29) is 5.91 Å². The zero-order chi connectivity index (χ0) is 21.1. The van der Waals surface area contributed by atoms with Crippen molar-refractivity contribution in [2.45, 2.75) is 17.8 Å². The summed E-state index contributed by atoms with van der Waals surface area (Å²) in [4.78, 5) is 15.1. The van der Waals surface area contributed by atoms with E-state index >= 15 is 0 Å². The lowest BCUT2D eigenvalue weighted by atomic mass is 10.2. The molecule has 0 N–H and O–H groups in total. The zero-order valence-corrected chi connectivity index (χ0v) is 18.9. The molecule has 3 aromatic rings. The van der Waals surface area contributed by atoms with Crippen molar-refractivity contribution >= 4 is 57.7 Å². The van der Waals surface area contributed by atoms with Gasteiger partial charge in [-0.25, -0.2) is 0 Å². The number of carbonyl (C=O) groups is 1. The molecular formula is C23H19NO3S3. The summed E-state index contributed by atoms with van der Waals surface area (Å²) < 4.78 is 11.8. The Labute approximate surface area is 189 Å². The maximum Gasteiger partial charge on any atom is 0.271 e. The Hall–Kier alpha value is -2.48. The highest BCUT2D eigenvalue weighted by molar-refractivity contribution is 8.27. The number of thioether (sulfide) groups is 2. The molecule has 1 aliphatic rings. The Kier molecular flexibility index (Phi) is 6.32. The van der Waals surface area contributed by atoms with Gasteiger partial charge in [0.15, 0.2) is 9.41 Å². The molecule has 0 unspecified atom stereocenters. The van der Waals surface area contributed by atoms with Crippen LogP contribution in [-0.4, -0.2) is 17.3 Å². The summed E-state index contributed by atoms with van der Waals surface area (Å²) in [6.07, 6.45) is 1.74. The number of methoxy groups -OCH3 is 1. The minimum atomic E-state index is -0.177. The fraction of sp³-hybridized carbons (Fsp3) is 0.130. The Morgan fingerprint density at radius 3 is 2.73 bits per heavy atom. The van der Waals surface area contributed by atoms with Crippen LogP contribution in [0, 0.1) is 6.92 Å². The molecule has 0 atom stereocenters. The van der Waals surface area contributed by atoms with E-state index in [4.69, 9.17) is 21.4 Å². The summed E-state index contributed by atoms with van der Waals surface area (Å²) in [5.74, 6) is 1.88. The van der Waals surface area contributed by atoms with Crippen LogP contribution in [0.3, 0.4) is 0 Å². The number of amides is 1. The number of rotatable bonds is 6. The third-order valence-electron chi connectivity index (χ3n) is 4.47. The molecule has 1 amide bonds. The summed E-state index contributed by atoms with van der Waals surface area (Å²) in [5.41, 5.74) is 2.91. The molecule has 1 aliphatic heterocycles. The van der Waals surface area contributed by atoms with E-state index in [0.717, 1.165) is 16.4 Å². The van der Waals surface area contributed by atoms with Crippen LogP contribution in [0.25, 0.3) is 6.08 Å². The fourth-order valence-corrected chi connectivity index (χ4v) is 5.08. The number of hydrogen-bond donors (Lipinski definition) is 0. The molecule has 2 heterocycles. The number of hydrogen-bond acceptors (Lipinski definition) is 6. The van der Waals surface area contributed by atoms with Gasteiger partial charge in [0, 0.05) is 11.8 Å². The molecule has 1 saturated heterocycles. The van der Waals surface area contributed by atoms with Crippen molar-refractivity contribution in [1.29, 1.82) is 0 Å². The van der Waals surface area contributed by atoms with Crippen LogP contribution in [0.2, 0.25) is 0 Å². The number of thiocarbonyl (C=S) groups is 1. The first kappa shape index (κ1) is 20.8. The van der Waals surface area contributed by atoms with Crippen LogP contribution in [0.15, 0.2) is 75.1 Å². The molecule has 0 radical (unpaired) electrons. The second kappa shape index (κ2) is 9.12. The highest BCUT2D eigenvalue weighted by Crippen LogP contribution is 2.40. The van der Waals surface area contributed by atoms with E-state index < -0.39 is 0 Å². The molecule has 7 heteroatoms. The third kappa shape index (κ3) is 4.48. The van der Waals surface area contributed by atoms with Crippen molar-refractivity contribution < 1.29 is 13.9 Å². The molecule has 30 heavy (non-hydrogen) atoms. The molecule has 4 rings (SSSR count). The van der Waals surface area contributed by atoms with E-state index in [0.29, 0.717) is 26.4 Å². The van der Waals surface area contributed by atoms with Crippen LogP contribution >= 0.6 is 35.7 Å². The molecule has 0 saturated carbocycles. The lowest BCUT2D eigenvalue weighted by molar-refractivity contribution is -0.113. The third-order valence-corrected chi connectivity index (χ3v) is 6.75. The Bertz CT molecular complexity index is 1120.